The number of nitrogens with zero attached hydrogens (tertiary/aromatic N) is 3. The van der Waals surface area contributed by atoms with Gasteiger partial charge < -0.3 is 9.88 Å². The summed E-state index contributed by atoms with van der Waals surface area (Å²) in [5.41, 5.74) is 1.75. The molecule has 0 aliphatic heterocycles. The quantitative estimate of drug-likeness (QED) is 0.706. The van der Waals surface area contributed by atoms with E-state index in [1.165, 1.54) is 0 Å². The molecular formula is C8H9ClN4. The molecule has 0 bridgehead atoms. The average Bonchev–Trinajstić information content (AvgIpc) is 2.49. The maximum Gasteiger partial charge on any atom is 0.225 e. The van der Waals surface area contributed by atoms with Gasteiger partial charge in [0.2, 0.25) is 5.28 Å². The molecule has 0 aliphatic rings. The number of aromatic nitrogens is 3. The van der Waals surface area contributed by atoms with Crippen molar-refractivity contribution in [3.05, 3.63) is 17.5 Å². The Balaban J connectivity index is 2.77. The number of H-pyrrole nitrogens is 1. The molecule has 13 heavy (non-hydrogen) atoms. The van der Waals surface area contributed by atoms with Gasteiger partial charge in [0.25, 0.3) is 0 Å². The van der Waals surface area contributed by atoms with Crippen molar-refractivity contribution in [2.45, 2.75) is 0 Å². The van der Waals surface area contributed by atoms with Crippen LogP contribution >= 0.6 is 11.6 Å². The third-order valence-corrected chi connectivity index (χ3v) is 1.95. The number of anilines is 1. The second-order valence-corrected chi connectivity index (χ2v) is 3.29. The van der Waals surface area contributed by atoms with Crippen molar-refractivity contribution in [3.63, 3.8) is 0 Å². The summed E-state index contributed by atoms with van der Waals surface area (Å²) in [6.45, 7) is 0. The first kappa shape index (κ1) is 8.31. The lowest BCUT2D eigenvalue weighted by molar-refractivity contribution is 1.06. The van der Waals surface area contributed by atoms with E-state index in [1.807, 2.05) is 31.3 Å². The Hall–Kier alpha value is -1.29. The fourth-order valence-corrected chi connectivity index (χ4v) is 1.40. The normalized spacial score (nSPS) is 10.7. The van der Waals surface area contributed by atoms with E-state index in [9.17, 15) is 0 Å². The maximum atomic E-state index is 5.76. The van der Waals surface area contributed by atoms with E-state index in [2.05, 4.69) is 15.0 Å². The van der Waals surface area contributed by atoms with Gasteiger partial charge in [-0.3, -0.25) is 0 Å². The van der Waals surface area contributed by atoms with Gasteiger partial charge >= 0.3 is 0 Å². The number of hydrogen-bond acceptors (Lipinski definition) is 3. The largest absolute Gasteiger partial charge is 0.361 e. The van der Waals surface area contributed by atoms with Gasteiger partial charge in [0, 0.05) is 20.3 Å². The van der Waals surface area contributed by atoms with Gasteiger partial charge in [0.05, 0.1) is 5.52 Å². The highest BCUT2D eigenvalue weighted by Crippen LogP contribution is 2.21. The van der Waals surface area contributed by atoms with Crippen molar-refractivity contribution in [2.75, 3.05) is 19.0 Å². The van der Waals surface area contributed by atoms with Crippen LogP contribution in [0.25, 0.3) is 11.0 Å². The van der Waals surface area contributed by atoms with Crippen LogP contribution in [0.4, 0.5) is 5.82 Å². The maximum absolute atomic E-state index is 5.76. The van der Waals surface area contributed by atoms with E-state index in [-0.39, 0.29) is 5.28 Å². The van der Waals surface area contributed by atoms with Crippen molar-refractivity contribution >= 4 is 28.5 Å². The molecule has 0 radical (unpaired) electrons. The first-order chi connectivity index (χ1) is 6.18. The minimum atomic E-state index is 0.274. The van der Waals surface area contributed by atoms with Crippen LogP contribution in [-0.2, 0) is 0 Å². The van der Waals surface area contributed by atoms with Crippen molar-refractivity contribution < 1.29 is 0 Å². The number of halogens is 1. The predicted molar refractivity (Wildman–Crippen MR) is 53.2 cm³/mol. The fourth-order valence-electron chi connectivity index (χ4n) is 1.22. The summed E-state index contributed by atoms with van der Waals surface area (Å²) in [5.74, 6) is 0.806. The molecule has 0 saturated heterocycles. The van der Waals surface area contributed by atoms with Gasteiger partial charge in [-0.15, -0.1) is 0 Å². The summed E-state index contributed by atoms with van der Waals surface area (Å²) in [5, 5.41) is 0.274. The highest BCUT2D eigenvalue weighted by Gasteiger charge is 2.08. The number of fused-ring (bicyclic) bond motifs is 1. The van der Waals surface area contributed by atoms with Crippen molar-refractivity contribution in [1.29, 1.82) is 0 Å². The summed E-state index contributed by atoms with van der Waals surface area (Å²) < 4.78 is 0. The Morgan fingerprint density at radius 1 is 1.38 bits per heavy atom. The van der Waals surface area contributed by atoms with Crippen LogP contribution < -0.4 is 4.90 Å². The molecule has 0 saturated carbocycles. The molecule has 2 aromatic heterocycles. The zero-order valence-electron chi connectivity index (χ0n) is 7.37. The molecule has 2 rings (SSSR count). The number of hydrogen-bond donors (Lipinski definition) is 1. The number of aromatic amines is 1. The molecule has 2 aromatic rings. The molecule has 0 aliphatic carbocycles. The number of rotatable bonds is 1. The van der Waals surface area contributed by atoms with E-state index in [4.69, 9.17) is 11.6 Å². The van der Waals surface area contributed by atoms with Gasteiger partial charge in [-0.25, -0.2) is 4.98 Å². The highest BCUT2D eigenvalue weighted by atomic mass is 35.5. The topological polar surface area (TPSA) is 44.8 Å². The fraction of sp³-hybridized carbons (Fsp3) is 0.250. The molecule has 0 spiro atoms. The lowest BCUT2D eigenvalue weighted by Crippen LogP contribution is -2.11. The minimum Gasteiger partial charge on any atom is -0.361 e. The summed E-state index contributed by atoms with van der Waals surface area (Å²) in [4.78, 5) is 13.2. The van der Waals surface area contributed by atoms with Crippen molar-refractivity contribution in [2.24, 2.45) is 0 Å². The third-order valence-electron chi connectivity index (χ3n) is 1.78. The molecule has 5 heteroatoms. The Labute approximate surface area is 80.6 Å². The SMILES string of the molecule is CN(C)c1nc(Cl)nc2cc[nH]c12. The summed E-state index contributed by atoms with van der Waals surface area (Å²) in [6, 6.07) is 1.87. The predicted octanol–water partition coefficient (Wildman–Crippen LogP) is 1.68. The van der Waals surface area contributed by atoms with Crippen LogP contribution in [0.15, 0.2) is 12.3 Å². The first-order valence-corrected chi connectivity index (χ1v) is 4.24. The number of nitrogens with one attached hydrogen (secondary N) is 1. The lowest BCUT2D eigenvalue weighted by atomic mass is 10.4. The lowest BCUT2D eigenvalue weighted by Gasteiger charge is -2.11. The Morgan fingerprint density at radius 2 is 2.15 bits per heavy atom. The van der Waals surface area contributed by atoms with Crippen LogP contribution in [0, 0.1) is 0 Å². The molecule has 0 aromatic carbocycles. The molecule has 0 amide bonds. The molecule has 0 atom stereocenters. The highest BCUT2D eigenvalue weighted by molar-refractivity contribution is 6.28. The Morgan fingerprint density at radius 3 is 2.85 bits per heavy atom. The van der Waals surface area contributed by atoms with Gasteiger partial charge in [0.1, 0.15) is 5.52 Å². The standard InChI is InChI=1S/C8H9ClN4/c1-13(2)7-6-5(3-4-10-6)11-8(9)12-7/h3-4,10H,1-2H3. The van der Waals surface area contributed by atoms with Crippen LogP contribution in [-0.4, -0.2) is 29.0 Å². The van der Waals surface area contributed by atoms with Crippen LogP contribution in [0.3, 0.4) is 0 Å². The van der Waals surface area contributed by atoms with E-state index in [1.54, 1.807) is 0 Å². The first-order valence-electron chi connectivity index (χ1n) is 3.86. The van der Waals surface area contributed by atoms with E-state index in [0.29, 0.717) is 0 Å². The zero-order valence-corrected chi connectivity index (χ0v) is 8.13. The van der Waals surface area contributed by atoms with Gasteiger partial charge in [0.15, 0.2) is 5.82 Å². The van der Waals surface area contributed by atoms with E-state index >= 15 is 0 Å². The molecular weight excluding hydrogens is 188 g/mol. The van der Waals surface area contributed by atoms with Crippen molar-refractivity contribution in [1.82, 2.24) is 15.0 Å². The van der Waals surface area contributed by atoms with Gasteiger partial charge in [-0.05, 0) is 17.7 Å². The summed E-state index contributed by atoms with van der Waals surface area (Å²) in [6.07, 6.45) is 1.82. The van der Waals surface area contributed by atoms with Gasteiger partial charge in [-0.2, -0.15) is 4.98 Å². The van der Waals surface area contributed by atoms with Gasteiger partial charge in [-0.1, -0.05) is 0 Å². The van der Waals surface area contributed by atoms with E-state index in [0.717, 1.165) is 16.9 Å². The monoisotopic (exact) mass is 196 g/mol. The Kier molecular flexibility index (Phi) is 1.84. The average molecular weight is 197 g/mol. The minimum absolute atomic E-state index is 0.274. The Bertz CT molecular complexity index is 435. The second-order valence-electron chi connectivity index (χ2n) is 2.95. The molecule has 0 fully saturated rings. The van der Waals surface area contributed by atoms with Crippen LogP contribution in [0.5, 0.6) is 0 Å². The van der Waals surface area contributed by atoms with Crippen LogP contribution in [0.1, 0.15) is 0 Å². The zero-order chi connectivity index (χ0) is 9.42. The molecule has 68 valence electrons. The smallest absolute Gasteiger partial charge is 0.225 e. The molecule has 4 nitrogen and oxygen atoms in total. The third kappa shape index (κ3) is 1.33. The van der Waals surface area contributed by atoms with Crippen LogP contribution in [0.2, 0.25) is 5.28 Å². The molecule has 0 unspecified atom stereocenters. The molecule has 2 heterocycles. The van der Waals surface area contributed by atoms with Crippen molar-refractivity contribution in [3.8, 4) is 0 Å². The summed E-state index contributed by atoms with van der Waals surface area (Å²) in [7, 11) is 3.83. The second kappa shape index (κ2) is 2.88. The summed E-state index contributed by atoms with van der Waals surface area (Å²) >= 11 is 5.76. The van der Waals surface area contributed by atoms with E-state index < -0.39 is 0 Å². The molecule has 1 N–H and O–H groups in total.